The number of para-hydroxylation sites is 6. The molecule has 4 aromatic heterocycles. The lowest BCUT2D eigenvalue weighted by molar-refractivity contribution is 0.626. The molecule has 0 aliphatic carbocycles. The van der Waals surface area contributed by atoms with Gasteiger partial charge >= 0.3 is 0 Å². The number of fused-ring (bicyclic) bond motifs is 13. The molecule has 13 aromatic rings. The largest absolute Gasteiger partial charge is 0.456 e. The average molecular weight is 796 g/mol. The summed E-state index contributed by atoms with van der Waals surface area (Å²) in [5.41, 5.74) is 10.3. The van der Waals surface area contributed by atoms with E-state index >= 15 is 0 Å². The lowest BCUT2D eigenvalue weighted by Gasteiger charge is -2.25. The smallest absolute Gasteiger partial charge is 0.234 e. The Kier molecular flexibility index (Phi) is 6.76. The molecule has 1 aliphatic rings. The topological polar surface area (TPSA) is 72.9 Å². The van der Waals surface area contributed by atoms with Crippen molar-refractivity contribution in [3.63, 3.8) is 0 Å². The van der Waals surface area contributed by atoms with Gasteiger partial charge in [-0.25, -0.2) is 4.99 Å². The van der Waals surface area contributed by atoms with Gasteiger partial charge in [0.15, 0.2) is 6.17 Å². The predicted octanol–water partition coefficient (Wildman–Crippen LogP) is 13.8. The standard InChI is InChI=1S/C55H33N5O2/c1-2-15-33-29-47-42(28-32(33)14-1)37-18-5-8-23-44(37)59(47)34-30-43(51-40-20-7-12-27-49(40)61-50(51)31-34)54-56-53(41-22-13-21-39-38-19-6-11-26-48(38)62-52(39)41)57-55(58-54)60-45-24-9-3-16-35(45)36-17-4-10-25-46(36)60/h1-31,53H,(H,56,57,58). The summed E-state index contributed by atoms with van der Waals surface area (Å²) < 4.78 is 18.0. The number of nitrogens with one attached hydrogen (secondary N) is 1. The zero-order valence-electron chi connectivity index (χ0n) is 33.1. The summed E-state index contributed by atoms with van der Waals surface area (Å²) in [5, 5.41) is 15.0. The van der Waals surface area contributed by atoms with Crippen molar-refractivity contribution in [3.8, 4) is 5.69 Å². The molecule has 7 nitrogen and oxygen atoms in total. The third-order valence-corrected chi connectivity index (χ3v) is 12.8. The van der Waals surface area contributed by atoms with Crippen molar-refractivity contribution in [2.24, 2.45) is 9.98 Å². The van der Waals surface area contributed by atoms with Crippen LogP contribution in [0, 0.1) is 0 Å². The van der Waals surface area contributed by atoms with Crippen LogP contribution in [0.5, 0.6) is 0 Å². The number of aromatic nitrogens is 2. The number of nitrogens with zero attached hydrogens (tertiary/aromatic N) is 4. The van der Waals surface area contributed by atoms with Crippen LogP contribution in [0.4, 0.5) is 0 Å². The number of hydrogen-bond donors (Lipinski definition) is 1. The minimum absolute atomic E-state index is 0.557. The maximum Gasteiger partial charge on any atom is 0.234 e. The van der Waals surface area contributed by atoms with Crippen LogP contribution in [0.25, 0.3) is 104 Å². The van der Waals surface area contributed by atoms with E-state index in [0.717, 1.165) is 93.5 Å². The van der Waals surface area contributed by atoms with Crippen molar-refractivity contribution in [2.75, 3.05) is 0 Å². The van der Waals surface area contributed by atoms with Crippen molar-refractivity contribution < 1.29 is 8.83 Å². The van der Waals surface area contributed by atoms with Gasteiger partial charge in [0.25, 0.3) is 0 Å². The van der Waals surface area contributed by atoms with Gasteiger partial charge in [0.1, 0.15) is 28.2 Å². The molecule has 0 saturated carbocycles. The first kappa shape index (κ1) is 33.4. The van der Waals surface area contributed by atoms with Gasteiger partial charge in [0, 0.05) is 60.3 Å². The summed E-state index contributed by atoms with van der Waals surface area (Å²) in [7, 11) is 0. The van der Waals surface area contributed by atoms with Crippen molar-refractivity contribution in [1.29, 1.82) is 0 Å². The fraction of sp³-hybridized carbons (Fsp3) is 0.0182. The van der Waals surface area contributed by atoms with E-state index in [1.165, 1.54) is 21.5 Å². The second kappa shape index (κ2) is 12.5. The maximum atomic E-state index is 6.79. The fourth-order valence-corrected chi connectivity index (χ4v) is 10.0. The maximum absolute atomic E-state index is 6.79. The Morgan fingerprint density at radius 1 is 0.435 bits per heavy atom. The summed E-state index contributed by atoms with van der Waals surface area (Å²) in [6.45, 7) is 0. The monoisotopic (exact) mass is 795 g/mol. The molecule has 9 aromatic carbocycles. The molecule has 1 N–H and O–H groups in total. The van der Waals surface area contributed by atoms with E-state index in [1.54, 1.807) is 0 Å². The van der Waals surface area contributed by atoms with Crippen molar-refractivity contribution >= 4 is 110 Å². The molecule has 0 saturated heterocycles. The first-order chi connectivity index (χ1) is 30.7. The van der Waals surface area contributed by atoms with Gasteiger partial charge in [-0.1, -0.05) is 133 Å². The van der Waals surface area contributed by atoms with Crippen LogP contribution >= 0.6 is 0 Å². The highest BCUT2D eigenvalue weighted by molar-refractivity contribution is 6.23. The number of hydrogen-bond acceptors (Lipinski definition) is 5. The van der Waals surface area contributed by atoms with Gasteiger partial charge in [-0.2, -0.15) is 4.99 Å². The molecule has 1 unspecified atom stereocenters. The summed E-state index contributed by atoms with van der Waals surface area (Å²) >= 11 is 0. The van der Waals surface area contributed by atoms with E-state index < -0.39 is 6.17 Å². The molecule has 0 spiro atoms. The third-order valence-electron chi connectivity index (χ3n) is 12.8. The summed E-state index contributed by atoms with van der Waals surface area (Å²) in [5.74, 6) is 1.25. The molecule has 0 amide bonds. The van der Waals surface area contributed by atoms with E-state index in [2.05, 4.69) is 178 Å². The van der Waals surface area contributed by atoms with Crippen LogP contribution in [0.3, 0.4) is 0 Å². The number of benzene rings is 9. The molecular formula is C55H33N5O2. The Bertz CT molecular complexity index is 4050. The van der Waals surface area contributed by atoms with Crippen LogP contribution in [-0.4, -0.2) is 20.9 Å². The SMILES string of the molecule is c1ccc2cc3c(cc2c1)c1ccccc1n3-c1cc(C2=NC(n3c4ccccc4c4ccccc43)=NC(c3cccc4c3oc3ccccc34)N2)c2c(c1)oc1ccccc12. The highest BCUT2D eigenvalue weighted by Crippen LogP contribution is 2.41. The predicted molar refractivity (Wildman–Crippen MR) is 254 cm³/mol. The summed E-state index contributed by atoms with van der Waals surface area (Å²) in [6, 6.07) is 66.1. The first-order valence-electron chi connectivity index (χ1n) is 20.9. The number of amidine groups is 1. The zero-order valence-corrected chi connectivity index (χ0v) is 33.1. The van der Waals surface area contributed by atoms with Crippen molar-refractivity contribution in [1.82, 2.24) is 14.5 Å². The second-order valence-corrected chi connectivity index (χ2v) is 16.2. The fourth-order valence-electron chi connectivity index (χ4n) is 10.0. The van der Waals surface area contributed by atoms with Gasteiger partial charge in [0.05, 0.1) is 27.8 Å². The normalized spacial score (nSPS) is 14.6. The number of furan rings is 2. The molecule has 0 bridgehead atoms. The Morgan fingerprint density at radius 3 is 1.76 bits per heavy atom. The highest BCUT2D eigenvalue weighted by Gasteiger charge is 2.29. The lowest BCUT2D eigenvalue weighted by atomic mass is 10.0. The molecule has 1 atom stereocenters. The van der Waals surface area contributed by atoms with Crippen LogP contribution in [-0.2, 0) is 0 Å². The van der Waals surface area contributed by atoms with Crippen molar-refractivity contribution in [2.45, 2.75) is 6.17 Å². The van der Waals surface area contributed by atoms with Crippen LogP contribution < -0.4 is 5.32 Å². The molecule has 0 radical (unpaired) electrons. The summed E-state index contributed by atoms with van der Waals surface area (Å²) in [4.78, 5) is 11.1. The van der Waals surface area contributed by atoms with Crippen LogP contribution in [0.15, 0.2) is 207 Å². The van der Waals surface area contributed by atoms with E-state index in [-0.39, 0.29) is 0 Å². The minimum Gasteiger partial charge on any atom is -0.456 e. The van der Waals surface area contributed by atoms with Crippen molar-refractivity contribution in [3.05, 3.63) is 199 Å². The Hall–Kier alpha value is -8.42. The zero-order chi connectivity index (χ0) is 40.5. The summed E-state index contributed by atoms with van der Waals surface area (Å²) in [6.07, 6.45) is -0.557. The Balaban J connectivity index is 1.08. The molecule has 0 fully saturated rings. The first-order valence-corrected chi connectivity index (χ1v) is 20.9. The number of aliphatic imine (C=N–C) groups is 2. The van der Waals surface area contributed by atoms with Gasteiger partial charge in [0.2, 0.25) is 5.96 Å². The molecule has 5 heterocycles. The molecule has 290 valence electrons. The molecular weight excluding hydrogens is 763 g/mol. The van der Waals surface area contributed by atoms with Crippen LogP contribution in [0.1, 0.15) is 17.3 Å². The Morgan fingerprint density at radius 2 is 1.02 bits per heavy atom. The lowest BCUT2D eigenvalue weighted by Crippen LogP contribution is -2.35. The van der Waals surface area contributed by atoms with E-state index in [9.17, 15) is 0 Å². The number of rotatable bonds is 3. The molecule has 7 heteroatoms. The van der Waals surface area contributed by atoms with Gasteiger partial charge in [-0.15, -0.1) is 0 Å². The second-order valence-electron chi connectivity index (χ2n) is 16.2. The van der Waals surface area contributed by atoms with Crippen LogP contribution in [0.2, 0.25) is 0 Å². The molecule has 62 heavy (non-hydrogen) atoms. The molecule has 14 rings (SSSR count). The van der Waals surface area contributed by atoms with E-state index in [4.69, 9.17) is 18.8 Å². The van der Waals surface area contributed by atoms with E-state index in [0.29, 0.717) is 11.8 Å². The van der Waals surface area contributed by atoms with Gasteiger partial charge in [-0.3, -0.25) is 4.57 Å². The Labute approximate surface area is 353 Å². The third kappa shape index (κ3) is 4.70. The average Bonchev–Trinajstić information content (AvgIpc) is 4.08. The van der Waals surface area contributed by atoms with Gasteiger partial charge < -0.3 is 18.7 Å². The van der Waals surface area contributed by atoms with Gasteiger partial charge in [-0.05, 0) is 59.3 Å². The minimum atomic E-state index is -0.557. The quantitative estimate of drug-likeness (QED) is 0.194. The van der Waals surface area contributed by atoms with E-state index in [1.807, 2.05) is 24.3 Å². The highest BCUT2D eigenvalue weighted by atomic mass is 16.3. The molecule has 1 aliphatic heterocycles.